The number of hydrogen-bond acceptors (Lipinski definition) is 3. The molecule has 1 saturated heterocycles. The van der Waals surface area contributed by atoms with E-state index in [0.717, 1.165) is 61.0 Å². The zero-order valence-corrected chi connectivity index (χ0v) is 17.6. The molecule has 1 aliphatic rings. The summed E-state index contributed by atoms with van der Waals surface area (Å²) in [5.74, 6) is 0.544. The molecule has 0 aliphatic carbocycles. The van der Waals surface area contributed by atoms with Crippen molar-refractivity contribution in [1.82, 2.24) is 0 Å². The van der Waals surface area contributed by atoms with E-state index in [2.05, 4.69) is 17.1 Å². The van der Waals surface area contributed by atoms with Crippen LogP contribution in [0.25, 0.3) is 0 Å². The molecule has 0 spiro atoms. The quantitative estimate of drug-likeness (QED) is 0.781. The van der Waals surface area contributed by atoms with E-state index in [0.29, 0.717) is 5.02 Å². The lowest BCUT2D eigenvalue weighted by molar-refractivity contribution is -0.898. The van der Waals surface area contributed by atoms with E-state index < -0.39 is 0 Å². The van der Waals surface area contributed by atoms with Crippen molar-refractivity contribution in [3.63, 3.8) is 0 Å². The summed E-state index contributed by atoms with van der Waals surface area (Å²) in [6, 6.07) is 11.5. The summed E-state index contributed by atoms with van der Waals surface area (Å²) in [6.45, 7) is 11.5. The van der Waals surface area contributed by atoms with Crippen molar-refractivity contribution in [1.29, 1.82) is 0 Å². The van der Waals surface area contributed by atoms with Gasteiger partial charge in [0, 0.05) is 5.02 Å². The van der Waals surface area contributed by atoms with Gasteiger partial charge in [-0.05, 0) is 56.2 Å². The fourth-order valence-electron chi connectivity index (χ4n) is 3.51. The molecule has 0 bridgehead atoms. The maximum absolute atomic E-state index is 12.5. The summed E-state index contributed by atoms with van der Waals surface area (Å²) in [5, 5.41) is 3.59. The lowest BCUT2D eigenvalue weighted by atomic mass is 10.1. The fourth-order valence-corrected chi connectivity index (χ4v) is 3.68. The normalized spacial score (nSPS) is 14.8. The van der Waals surface area contributed by atoms with Crippen LogP contribution < -0.4 is 19.9 Å². The van der Waals surface area contributed by atoms with Crippen LogP contribution in [0.15, 0.2) is 36.4 Å². The Bertz CT molecular complexity index is 833. The van der Waals surface area contributed by atoms with Gasteiger partial charge in [0.2, 0.25) is 0 Å². The first-order chi connectivity index (χ1) is 13.5. The smallest absolute Gasteiger partial charge is 0.262 e. The number of halogens is 1. The van der Waals surface area contributed by atoms with Gasteiger partial charge < -0.3 is 19.9 Å². The third-order valence-corrected chi connectivity index (χ3v) is 5.69. The number of likely N-dealkylation sites (N-methyl/N-ethyl adjacent to an activating group) is 1. The molecule has 0 aromatic heterocycles. The van der Waals surface area contributed by atoms with Crippen LogP contribution in [0.4, 0.5) is 11.4 Å². The number of carbonyl (C=O) groups is 1. The zero-order valence-electron chi connectivity index (χ0n) is 16.8. The van der Waals surface area contributed by atoms with Crippen LogP contribution in [-0.4, -0.2) is 45.2 Å². The second-order valence-corrected chi connectivity index (χ2v) is 7.72. The van der Waals surface area contributed by atoms with Crippen molar-refractivity contribution < 1.29 is 14.4 Å². The van der Waals surface area contributed by atoms with Crippen LogP contribution in [0, 0.1) is 13.8 Å². The summed E-state index contributed by atoms with van der Waals surface area (Å²) < 4.78 is 5.73. The highest BCUT2D eigenvalue weighted by molar-refractivity contribution is 6.31. The second-order valence-electron chi connectivity index (χ2n) is 7.29. The average molecular weight is 403 g/mol. The fraction of sp³-hybridized carbons (Fsp3) is 0.409. The maximum Gasteiger partial charge on any atom is 0.262 e. The molecule has 0 unspecified atom stereocenters. The second kappa shape index (κ2) is 9.30. The number of aryl methyl sites for hydroxylation is 1. The zero-order chi connectivity index (χ0) is 20.1. The predicted molar refractivity (Wildman–Crippen MR) is 115 cm³/mol. The minimum Gasteiger partial charge on any atom is -0.483 e. The molecule has 1 amide bonds. The third-order valence-electron chi connectivity index (χ3n) is 5.46. The highest BCUT2D eigenvalue weighted by atomic mass is 35.5. The number of anilines is 2. The van der Waals surface area contributed by atoms with E-state index in [1.54, 1.807) is 4.90 Å². The maximum atomic E-state index is 12.5. The van der Waals surface area contributed by atoms with Crippen molar-refractivity contribution >= 4 is 28.9 Å². The lowest BCUT2D eigenvalue weighted by Crippen LogP contribution is -3.14. The summed E-state index contributed by atoms with van der Waals surface area (Å²) in [7, 11) is 0. The Morgan fingerprint density at radius 3 is 2.68 bits per heavy atom. The summed E-state index contributed by atoms with van der Waals surface area (Å²) in [5.41, 5.74) is 3.94. The number of amides is 1. The van der Waals surface area contributed by atoms with Gasteiger partial charge in [-0.3, -0.25) is 4.79 Å². The molecule has 0 atom stereocenters. The Morgan fingerprint density at radius 2 is 1.96 bits per heavy atom. The molecule has 0 radical (unpaired) electrons. The highest BCUT2D eigenvalue weighted by Crippen LogP contribution is 2.29. The van der Waals surface area contributed by atoms with Gasteiger partial charge in [0.1, 0.15) is 5.75 Å². The van der Waals surface area contributed by atoms with Gasteiger partial charge in [-0.25, -0.2) is 0 Å². The molecule has 1 fully saturated rings. The van der Waals surface area contributed by atoms with Crippen LogP contribution >= 0.6 is 11.6 Å². The third kappa shape index (κ3) is 4.97. The van der Waals surface area contributed by atoms with Gasteiger partial charge >= 0.3 is 0 Å². The SMILES string of the molecule is CC[NH+]1CCN(c2ccc(Cl)cc2NC(=O)COc2cccc(C)c2C)CC1. The molecule has 2 N–H and O–H groups in total. The Kier molecular flexibility index (Phi) is 6.81. The predicted octanol–water partition coefficient (Wildman–Crippen LogP) is 2.70. The van der Waals surface area contributed by atoms with Crippen LogP contribution in [0.2, 0.25) is 5.02 Å². The Labute approximate surface area is 172 Å². The Balaban J connectivity index is 1.67. The van der Waals surface area contributed by atoms with E-state index in [9.17, 15) is 4.79 Å². The van der Waals surface area contributed by atoms with E-state index >= 15 is 0 Å². The number of carbonyl (C=O) groups excluding carboxylic acids is 1. The van der Waals surface area contributed by atoms with Crippen molar-refractivity contribution in [2.45, 2.75) is 20.8 Å². The topological polar surface area (TPSA) is 46.0 Å². The van der Waals surface area contributed by atoms with Gasteiger partial charge in [-0.2, -0.15) is 0 Å². The summed E-state index contributed by atoms with van der Waals surface area (Å²) in [6.07, 6.45) is 0. The number of benzene rings is 2. The number of quaternary nitrogens is 1. The highest BCUT2D eigenvalue weighted by Gasteiger charge is 2.21. The van der Waals surface area contributed by atoms with Gasteiger partial charge in [-0.1, -0.05) is 23.7 Å². The summed E-state index contributed by atoms with van der Waals surface area (Å²) in [4.78, 5) is 16.4. The number of ether oxygens (including phenoxy) is 1. The molecule has 1 heterocycles. The van der Waals surface area contributed by atoms with E-state index in [4.69, 9.17) is 16.3 Å². The first kappa shape index (κ1) is 20.5. The van der Waals surface area contributed by atoms with Crippen molar-refractivity contribution in [2.75, 3.05) is 49.5 Å². The Morgan fingerprint density at radius 1 is 1.21 bits per heavy atom. The van der Waals surface area contributed by atoms with E-state index in [-0.39, 0.29) is 12.5 Å². The van der Waals surface area contributed by atoms with Crippen molar-refractivity contribution in [2.24, 2.45) is 0 Å². The molecule has 2 aromatic carbocycles. The monoisotopic (exact) mass is 402 g/mol. The molecule has 2 aromatic rings. The van der Waals surface area contributed by atoms with E-state index in [1.807, 2.05) is 50.2 Å². The lowest BCUT2D eigenvalue weighted by Gasteiger charge is -2.34. The van der Waals surface area contributed by atoms with Crippen LogP contribution in [0.1, 0.15) is 18.1 Å². The van der Waals surface area contributed by atoms with Gasteiger partial charge in [0.25, 0.3) is 5.91 Å². The first-order valence-electron chi connectivity index (χ1n) is 9.85. The molecule has 28 heavy (non-hydrogen) atoms. The summed E-state index contributed by atoms with van der Waals surface area (Å²) >= 11 is 6.19. The number of rotatable bonds is 6. The van der Waals surface area contributed by atoms with E-state index in [1.165, 1.54) is 0 Å². The van der Waals surface area contributed by atoms with Gasteiger partial charge in [0.05, 0.1) is 44.1 Å². The molecule has 6 heteroatoms. The number of hydrogen-bond donors (Lipinski definition) is 2. The van der Waals surface area contributed by atoms with Crippen molar-refractivity contribution in [3.8, 4) is 5.75 Å². The number of nitrogens with zero attached hydrogens (tertiary/aromatic N) is 1. The molecule has 5 nitrogen and oxygen atoms in total. The minimum absolute atomic E-state index is 0.0377. The van der Waals surface area contributed by atoms with Crippen LogP contribution in [0.3, 0.4) is 0 Å². The molecule has 150 valence electrons. The average Bonchev–Trinajstić information content (AvgIpc) is 2.69. The molecule has 3 rings (SSSR count). The first-order valence-corrected chi connectivity index (χ1v) is 10.2. The van der Waals surface area contributed by atoms with Crippen LogP contribution in [-0.2, 0) is 4.79 Å². The molecule has 0 saturated carbocycles. The Hall–Kier alpha value is -2.24. The van der Waals surface area contributed by atoms with Crippen molar-refractivity contribution in [3.05, 3.63) is 52.5 Å². The van der Waals surface area contributed by atoms with Gasteiger partial charge in [-0.15, -0.1) is 0 Å². The van der Waals surface area contributed by atoms with Gasteiger partial charge in [0.15, 0.2) is 6.61 Å². The molecular weight excluding hydrogens is 374 g/mol. The minimum atomic E-state index is -0.192. The number of nitrogens with one attached hydrogen (secondary N) is 2. The standard InChI is InChI=1S/C22H28ClN3O2/c1-4-25-10-12-26(13-11-25)20-9-8-18(23)14-19(20)24-22(27)15-28-21-7-5-6-16(2)17(21)3/h5-9,14H,4,10-13,15H2,1-3H3,(H,24,27)/p+1. The van der Waals surface area contributed by atoms with Crippen LogP contribution in [0.5, 0.6) is 5.75 Å². The molecule has 1 aliphatic heterocycles. The largest absolute Gasteiger partial charge is 0.483 e. The molecular formula is C22H29ClN3O2+. The number of piperazine rings is 1.